The van der Waals surface area contributed by atoms with Gasteiger partial charge in [-0.15, -0.1) is 11.6 Å². The maximum absolute atomic E-state index is 13.2. The highest BCUT2D eigenvalue weighted by Crippen LogP contribution is 2.17. The molecule has 0 N–H and O–H groups in total. The van der Waals surface area contributed by atoms with E-state index in [0.717, 1.165) is 0 Å². The van der Waals surface area contributed by atoms with Gasteiger partial charge < -0.3 is 4.74 Å². The molecule has 0 aliphatic rings. The average Bonchev–Trinajstić information content (AvgIpc) is 2.09. The van der Waals surface area contributed by atoms with Crippen LogP contribution in [-0.4, -0.2) is 18.0 Å². The molecule has 0 unspecified atom stereocenters. The lowest BCUT2D eigenvalue weighted by atomic mass is 10.2. The summed E-state index contributed by atoms with van der Waals surface area (Å²) in [5.74, 6) is 0.00245. The van der Waals surface area contributed by atoms with Gasteiger partial charge in [-0.05, 0) is 18.1 Å². The topological polar surface area (TPSA) is 22.1 Å². The smallest absolute Gasteiger partial charge is 0.250 e. The second-order valence-electron chi connectivity index (χ2n) is 2.23. The quantitative estimate of drug-likeness (QED) is 0.679. The van der Waals surface area contributed by atoms with Crippen LogP contribution in [0.4, 0.5) is 4.39 Å². The lowest BCUT2D eigenvalue weighted by Gasteiger charge is -2.03. The number of halogens is 2. The summed E-state index contributed by atoms with van der Waals surface area (Å²) in [5.41, 5.74) is 0.539. The molecule has 1 heterocycles. The van der Waals surface area contributed by atoms with E-state index in [9.17, 15) is 4.39 Å². The van der Waals surface area contributed by atoms with Crippen LogP contribution in [0.15, 0.2) is 12.3 Å². The Balaban J connectivity index is 2.97. The third-order valence-corrected chi connectivity index (χ3v) is 1.68. The lowest BCUT2D eigenvalue weighted by molar-refractivity contribution is 0.367. The van der Waals surface area contributed by atoms with E-state index in [1.54, 1.807) is 6.07 Å². The fraction of sp³-hybridized carbons (Fsp3) is 0.375. The summed E-state index contributed by atoms with van der Waals surface area (Å²) in [5, 5.41) is 0. The highest BCUT2D eigenvalue weighted by atomic mass is 35.5. The minimum atomic E-state index is -0.416. The number of nitrogens with zero attached hydrogens (tertiary/aromatic N) is 1. The van der Waals surface area contributed by atoms with Crippen LogP contribution in [0.1, 0.15) is 5.56 Å². The molecule has 0 bridgehead atoms. The van der Waals surface area contributed by atoms with E-state index in [1.807, 2.05) is 0 Å². The molecule has 0 radical (unpaired) electrons. The molecule has 0 aliphatic carbocycles. The van der Waals surface area contributed by atoms with Crippen LogP contribution in [0.3, 0.4) is 0 Å². The Morgan fingerprint density at radius 2 is 2.42 bits per heavy atom. The predicted molar refractivity (Wildman–Crippen MR) is 45.2 cm³/mol. The fourth-order valence-electron chi connectivity index (χ4n) is 0.899. The zero-order chi connectivity index (χ0) is 8.97. The average molecular weight is 190 g/mol. The van der Waals surface area contributed by atoms with Crippen molar-refractivity contribution in [2.75, 3.05) is 13.0 Å². The van der Waals surface area contributed by atoms with Crippen molar-refractivity contribution in [1.29, 1.82) is 0 Å². The summed E-state index contributed by atoms with van der Waals surface area (Å²) >= 11 is 5.48. The Hall–Kier alpha value is -0.830. The third kappa shape index (κ3) is 1.85. The van der Waals surface area contributed by atoms with Crippen LogP contribution in [0.5, 0.6) is 5.88 Å². The van der Waals surface area contributed by atoms with E-state index < -0.39 is 5.82 Å². The first-order valence-corrected chi connectivity index (χ1v) is 4.06. The Bertz CT molecular complexity index is 267. The molecule has 66 valence electrons. The van der Waals surface area contributed by atoms with Crippen molar-refractivity contribution in [3.8, 4) is 5.88 Å². The van der Waals surface area contributed by atoms with Crippen LogP contribution >= 0.6 is 11.6 Å². The first kappa shape index (κ1) is 9.26. The summed E-state index contributed by atoms with van der Waals surface area (Å²) in [6.45, 7) is 0. The van der Waals surface area contributed by atoms with Gasteiger partial charge in [0.1, 0.15) is 0 Å². The number of hydrogen-bond acceptors (Lipinski definition) is 2. The summed E-state index contributed by atoms with van der Waals surface area (Å²) < 4.78 is 17.9. The number of methoxy groups -OCH3 is 1. The molecule has 0 aliphatic heterocycles. The van der Waals surface area contributed by atoms with E-state index in [0.29, 0.717) is 17.9 Å². The van der Waals surface area contributed by atoms with Crippen molar-refractivity contribution >= 4 is 11.6 Å². The normalized spacial score (nSPS) is 9.92. The van der Waals surface area contributed by atoms with Crippen LogP contribution in [0.2, 0.25) is 0 Å². The molecule has 12 heavy (non-hydrogen) atoms. The molecule has 2 nitrogen and oxygen atoms in total. The van der Waals surface area contributed by atoms with E-state index in [2.05, 4.69) is 4.98 Å². The molecular weight excluding hydrogens is 181 g/mol. The van der Waals surface area contributed by atoms with E-state index in [4.69, 9.17) is 16.3 Å². The molecule has 0 atom stereocenters. The van der Waals surface area contributed by atoms with Crippen molar-refractivity contribution in [3.05, 3.63) is 23.6 Å². The zero-order valence-electron chi connectivity index (χ0n) is 6.68. The van der Waals surface area contributed by atoms with Gasteiger partial charge in [-0.25, -0.2) is 9.37 Å². The number of hydrogen-bond donors (Lipinski definition) is 0. The van der Waals surface area contributed by atoms with Crippen molar-refractivity contribution in [2.24, 2.45) is 0 Å². The second kappa shape index (κ2) is 4.26. The summed E-state index contributed by atoms with van der Waals surface area (Å²) in [6.07, 6.45) is 2.00. The Morgan fingerprint density at radius 1 is 1.67 bits per heavy atom. The monoisotopic (exact) mass is 189 g/mol. The fourth-order valence-corrected chi connectivity index (χ4v) is 1.10. The van der Waals surface area contributed by atoms with Gasteiger partial charge in [0.2, 0.25) is 5.88 Å². The van der Waals surface area contributed by atoms with E-state index >= 15 is 0 Å². The van der Waals surface area contributed by atoms with E-state index in [-0.39, 0.29) is 5.88 Å². The lowest BCUT2D eigenvalue weighted by Crippen LogP contribution is -1.97. The number of pyridine rings is 1. The highest BCUT2D eigenvalue weighted by Gasteiger charge is 2.08. The maximum Gasteiger partial charge on any atom is 0.250 e. The predicted octanol–water partition coefficient (Wildman–Crippen LogP) is 2.01. The minimum Gasteiger partial charge on any atom is -0.479 e. The molecule has 1 aromatic rings. The molecule has 1 aromatic heterocycles. The first-order valence-electron chi connectivity index (χ1n) is 3.53. The summed E-state index contributed by atoms with van der Waals surface area (Å²) in [6, 6.07) is 1.60. The van der Waals surface area contributed by atoms with Crippen molar-refractivity contribution in [2.45, 2.75) is 6.42 Å². The van der Waals surface area contributed by atoms with Gasteiger partial charge in [-0.3, -0.25) is 0 Å². The van der Waals surface area contributed by atoms with Gasteiger partial charge in [0.15, 0.2) is 5.82 Å². The van der Waals surface area contributed by atoms with Gasteiger partial charge in [-0.2, -0.15) is 0 Å². The summed E-state index contributed by atoms with van der Waals surface area (Å²) in [7, 11) is 1.38. The zero-order valence-corrected chi connectivity index (χ0v) is 7.44. The molecule has 0 aromatic carbocycles. The van der Waals surface area contributed by atoms with Crippen molar-refractivity contribution < 1.29 is 9.13 Å². The molecule has 1 rings (SSSR count). The Labute approximate surface area is 75.3 Å². The van der Waals surface area contributed by atoms with Crippen LogP contribution < -0.4 is 4.74 Å². The maximum atomic E-state index is 13.2. The van der Waals surface area contributed by atoms with Gasteiger partial charge in [-0.1, -0.05) is 0 Å². The SMILES string of the molecule is COc1nccc(CCCl)c1F. The Morgan fingerprint density at radius 3 is 3.00 bits per heavy atom. The molecule has 0 fully saturated rings. The molecule has 0 saturated heterocycles. The van der Waals surface area contributed by atoms with Gasteiger partial charge in [0, 0.05) is 12.1 Å². The molecule has 0 saturated carbocycles. The molecule has 0 amide bonds. The van der Waals surface area contributed by atoms with Gasteiger partial charge in [0.05, 0.1) is 7.11 Å². The number of rotatable bonds is 3. The minimum absolute atomic E-state index is 0.0256. The number of aryl methyl sites for hydroxylation is 1. The van der Waals surface area contributed by atoms with Gasteiger partial charge in [0.25, 0.3) is 0 Å². The number of alkyl halides is 1. The first-order chi connectivity index (χ1) is 5.79. The highest BCUT2D eigenvalue weighted by molar-refractivity contribution is 6.17. The molecular formula is C8H9ClFNO. The van der Waals surface area contributed by atoms with Crippen LogP contribution in [0, 0.1) is 5.82 Å². The summed E-state index contributed by atoms with van der Waals surface area (Å²) in [4.78, 5) is 3.70. The number of ether oxygens (including phenoxy) is 1. The standard InChI is InChI=1S/C8H9ClFNO/c1-12-8-7(10)6(2-4-9)3-5-11-8/h3,5H,2,4H2,1H3. The van der Waals surface area contributed by atoms with Crippen LogP contribution in [-0.2, 0) is 6.42 Å². The van der Waals surface area contributed by atoms with Crippen molar-refractivity contribution in [1.82, 2.24) is 4.98 Å². The Kier molecular flexibility index (Phi) is 3.29. The largest absolute Gasteiger partial charge is 0.479 e. The van der Waals surface area contributed by atoms with Crippen LogP contribution in [0.25, 0.3) is 0 Å². The van der Waals surface area contributed by atoms with E-state index in [1.165, 1.54) is 13.3 Å². The third-order valence-electron chi connectivity index (χ3n) is 1.49. The second-order valence-corrected chi connectivity index (χ2v) is 2.61. The number of aromatic nitrogens is 1. The van der Waals surface area contributed by atoms with Crippen molar-refractivity contribution in [3.63, 3.8) is 0 Å². The molecule has 0 spiro atoms. The van der Waals surface area contributed by atoms with Gasteiger partial charge >= 0.3 is 0 Å². The molecule has 4 heteroatoms.